The molecule has 0 fully saturated rings. The monoisotopic (exact) mass is 278 g/mol. The molecule has 7 heteroatoms. The molecule has 0 amide bonds. The van der Waals surface area contributed by atoms with Crippen LogP contribution in [0.2, 0.25) is 0 Å². The van der Waals surface area contributed by atoms with Crippen molar-refractivity contribution in [3.63, 3.8) is 0 Å². The number of hydrogen-bond donors (Lipinski definition) is 0. The zero-order valence-corrected chi connectivity index (χ0v) is 10.3. The summed E-state index contributed by atoms with van der Waals surface area (Å²) < 4.78 is 35.4. The van der Waals surface area contributed by atoms with E-state index in [4.69, 9.17) is 0 Å². The Morgan fingerprint density at radius 1 is 1.12 bits per heavy atom. The quantitative estimate of drug-likeness (QED) is 0.555. The molecule has 0 saturated heterocycles. The van der Waals surface area contributed by atoms with Crippen LogP contribution in [0.5, 0.6) is 0 Å². The van der Waals surface area contributed by atoms with Crippen molar-refractivity contribution in [2.24, 2.45) is 0 Å². The fourth-order valence-electron chi connectivity index (χ4n) is 1.13. The SMILES string of the molecule is [O-][Cl+3]([O-])([O-])OS1=CC(c2ccccc2)=CS1. The van der Waals surface area contributed by atoms with E-state index < -0.39 is 20.0 Å². The number of allylic oxidation sites excluding steroid dienone is 1. The third-order valence-corrected chi connectivity index (χ3v) is 5.45. The standard InChI is InChI=1S/C9H7ClO4S2/c11-10(12,13)14-16-7-9(6-15-16)8-4-2-1-3-5-8/h1-7H. The summed E-state index contributed by atoms with van der Waals surface area (Å²) in [5.41, 5.74) is 1.83. The summed E-state index contributed by atoms with van der Waals surface area (Å²) >= 11 is 0. The molecule has 1 unspecified atom stereocenters. The van der Waals surface area contributed by atoms with Gasteiger partial charge in [-0.05, 0) is 27.3 Å². The highest BCUT2D eigenvalue weighted by Crippen LogP contribution is 2.42. The molecule has 0 spiro atoms. The van der Waals surface area contributed by atoms with Gasteiger partial charge in [0.05, 0.1) is 10.2 Å². The number of halogens is 1. The van der Waals surface area contributed by atoms with E-state index in [0.717, 1.165) is 11.1 Å². The van der Waals surface area contributed by atoms with Crippen LogP contribution in [0.15, 0.2) is 35.7 Å². The Hall–Kier alpha value is -0.340. The Kier molecular flexibility index (Phi) is 3.70. The Morgan fingerprint density at radius 2 is 1.81 bits per heavy atom. The first-order valence-corrected chi connectivity index (χ1v) is 8.00. The van der Waals surface area contributed by atoms with Crippen molar-refractivity contribution >= 4 is 31.5 Å². The molecular formula is C9H7ClO4S2. The van der Waals surface area contributed by atoms with Crippen molar-refractivity contribution in [2.75, 3.05) is 0 Å². The van der Waals surface area contributed by atoms with Crippen LogP contribution in [-0.2, 0) is 3.74 Å². The van der Waals surface area contributed by atoms with Crippen molar-refractivity contribution in [3.8, 4) is 0 Å². The number of rotatable bonds is 3. The Morgan fingerprint density at radius 3 is 2.44 bits per heavy atom. The van der Waals surface area contributed by atoms with E-state index in [1.165, 1.54) is 10.8 Å². The van der Waals surface area contributed by atoms with Crippen LogP contribution in [0.3, 0.4) is 0 Å². The normalized spacial score (nSPS) is 20.4. The van der Waals surface area contributed by atoms with E-state index in [1.807, 2.05) is 30.3 Å². The third kappa shape index (κ3) is 3.33. The van der Waals surface area contributed by atoms with Crippen LogP contribution in [0.1, 0.15) is 5.56 Å². The minimum absolute atomic E-state index is 0.868. The number of hydrogen-bond acceptors (Lipinski definition) is 5. The molecule has 16 heavy (non-hydrogen) atoms. The maximum absolute atomic E-state index is 10.4. The molecule has 0 N–H and O–H groups in total. The van der Waals surface area contributed by atoms with Gasteiger partial charge < -0.3 is 0 Å². The zero-order chi connectivity index (χ0) is 11.6. The molecule has 86 valence electrons. The van der Waals surface area contributed by atoms with Gasteiger partial charge in [0.15, 0.2) is 9.80 Å². The lowest BCUT2D eigenvalue weighted by molar-refractivity contribution is -1.91. The Balaban J connectivity index is 2.11. The Labute approximate surface area is 101 Å². The summed E-state index contributed by atoms with van der Waals surface area (Å²) in [6.07, 6.45) is 0. The molecule has 2 rings (SSSR count). The lowest BCUT2D eigenvalue weighted by atomic mass is 10.1. The summed E-state index contributed by atoms with van der Waals surface area (Å²) in [7, 11) is -4.23. The predicted octanol–water partition coefficient (Wildman–Crippen LogP) is -0.411. The van der Waals surface area contributed by atoms with Gasteiger partial charge in [-0.3, -0.25) is 0 Å². The molecule has 1 aliphatic rings. The molecular weight excluding hydrogens is 272 g/mol. The zero-order valence-electron chi connectivity index (χ0n) is 7.87. The summed E-state index contributed by atoms with van der Waals surface area (Å²) in [6, 6.07) is 9.46. The first-order valence-electron chi connectivity index (χ1n) is 4.16. The summed E-state index contributed by atoms with van der Waals surface area (Å²) in [6.45, 7) is 0. The molecule has 0 radical (unpaired) electrons. The second-order valence-corrected chi connectivity index (χ2v) is 6.86. The summed E-state index contributed by atoms with van der Waals surface area (Å²) in [5, 5.41) is 3.40. The molecule has 1 aliphatic heterocycles. The highest BCUT2D eigenvalue weighted by molar-refractivity contribution is 8.83. The van der Waals surface area contributed by atoms with E-state index >= 15 is 0 Å². The minimum atomic E-state index is -4.37. The van der Waals surface area contributed by atoms with E-state index in [9.17, 15) is 14.0 Å². The molecule has 4 nitrogen and oxygen atoms in total. The van der Waals surface area contributed by atoms with Gasteiger partial charge in [0.25, 0.3) is 0 Å². The Bertz CT molecular complexity index is 439. The van der Waals surface area contributed by atoms with Gasteiger partial charge in [0.1, 0.15) is 3.74 Å². The van der Waals surface area contributed by atoms with Gasteiger partial charge in [-0.2, -0.15) is 14.0 Å². The van der Waals surface area contributed by atoms with Gasteiger partial charge in [-0.15, -0.1) is 0 Å². The van der Waals surface area contributed by atoms with Crippen LogP contribution < -0.4 is 14.0 Å². The second kappa shape index (κ2) is 4.89. The van der Waals surface area contributed by atoms with Crippen molar-refractivity contribution < 1.29 is 28.0 Å². The molecule has 1 heterocycles. The van der Waals surface area contributed by atoms with Gasteiger partial charge in [0, 0.05) is 5.37 Å². The first-order chi connectivity index (χ1) is 7.54. The lowest BCUT2D eigenvalue weighted by Gasteiger charge is -2.11. The average molecular weight is 279 g/mol. The van der Waals surface area contributed by atoms with Gasteiger partial charge in [-0.25, -0.2) is 0 Å². The van der Waals surface area contributed by atoms with Gasteiger partial charge in [-0.1, -0.05) is 30.3 Å². The van der Waals surface area contributed by atoms with Crippen LogP contribution >= 0.6 is 20.6 Å². The molecule has 0 saturated carbocycles. The van der Waals surface area contributed by atoms with Crippen LogP contribution in [-0.4, -0.2) is 5.37 Å². The molecule has 1 aromatic rings. The highest BCUT2D eigenvalue weighted by atomic mass is 35.7. The predicted molar refractivity (Wildman–Crippen MR) is 56.8 cm³/mol. The highest BCUT2D eigenvalue weighted by Gasteiger charge is 2.25. The van der Waals surface area contributed by atoms with Crippen molar-refractivity contribution in [1.82, 2.24) is 0 Å². The van der Waals surface area contributed by atoms with E-state index in [0.29, 0.717) is 0 Å². The van der Waals surface area contributed by atoms with Gasteiger partial charge >= 0.3 is 0 Å². The fraction of sp³-hybridized carbons (Fsp3) is 0. The summed E-state index contributed by atoms with van der Waals surface area (Å²) in [5.74, 6) is 0. The molecule has 1 atom stereocenters. The van der Waals surface area contributed by atoms with Crippen LogP contribution in [0, 0.1) is 10.2 Å². The summed E-state index contributed by atoms with van der Waals surface area (Å²) in [4.78, 5) is 0. The van der Waals surface area contributed by atoms with Crippen molar-refractivity contribution in [2.45, 2.75) is 0 Å². The van der Waals surface area contributed by atoms with E-state index in [1.54, 1.807) is 10.8 Å². The third-order valence-electron chi connectivity index (χ3n) is 1.74. The largest absolute Gasteiger partial charge is 0.182 e. The maximum atomic E-state index is 10.4. The minimum Gasteiger partial charge on any atom is -0.182 e. The fourth-order valence-corrected chi connectivity index (χ4v) is 4.87. The number of benzene rings is 1. The molecule has 0 aliphatic carbocycles. The molecule has 0 aromatic heterocycles. The van der Waals surface area contributed by atoms with E-state index in [-0.39, 0.29) is 0 Å². The lowest BCUT2D eigenvalue weighted by Crippen LogP contribution is -2.59. The average Bonchev–Trinajstić information content (AvgIpc) is 2.65. The van der Waals surface area contributed by atoms with Crippen LogP contribution in [0.25, 0.3) is 5.57 Å². The van der Waals surface area contributed by atoms with Crippen molar-refractivity contribution in [1.29, 1.82) is 0 Å². The topological polar surface area (TPSA) is 78.4 Å². The van der Waals surface area contributed by atoms with Gasteiger partial charge in [0.2, 0.25) is 0 Å². The molecule has 0 bridgehead atoms. The molecule has 1 aromatic carbocycles. The van der Waals surface area contributed by atoms with E-state index in [2.05, 4.69) is 3.74 Å². The maximum Gasteiger partial charge on any atom is 0.172 e. The first kappa shape index (κ1) is 12.1. The smallest absolute Gasteiger partial charge is 0.172 e. The second-order valence-electron chi connectivity index (χ2n) is 2.85. The van der Waals surface area contributed by atoms with Crippen molar-refractivity contribution in [3.05, 3.63) is 41.3 Å². The van der Waals surface area contributed by atoms with Crippen LogP contribution in [0.4, 0.5) is 0 Å².